The highest BCUT2D eigenvalue weighted by atomic mass is 32.1. The highest BCUT2D eigenvalue weighted by molar-refractivity contribution is 7.24. The average molecular weight is 277 g/mol. The quantitative estimate of drug-likeness (QED) is 0.782. The van der Waals surface area contributed by atoms with Crippen molar-refractivity contribution in [1.29, 1.82) is 0 Å². The summed E-state index contributed by atoms with van der Waals surface area (Å²) in [6.07, 6.45) is 3.69. The van der Waals surface area contributed by atoms with E-state index in [1.165, 1.54) is 19.3 Å². The molecule has 5 nitrogen and oxygen atoms in total. The van der Waals surface area contributed by atoms with Gasteiger partial charge in [-0.2, -0.15) is 9.61 Å². The van der Waals surface area contributed by atoms with Gasteiger partial charge in [-0.1, -0.05) is 17.8 Å². The van der Waals surface area contributed by atoms with E-state index in [0.29, 0.717) is 5.92 Å². The van der Waals surface area contributed by atoms with Gasteiger partial charge in [0.15, 0.2) is 10.8 Å². The van der Waals surface area contributed by atoms with Crippen molar-refractivity contribution in [3.63, 3.8) is 0 Å². The van der Waals surface area contributed by atoms with E-state index in [0.717, 1.165) is 26.4 Å². The van der Waals surface area contributed by atoms with Crippen LogP contribution in [0.5, 0.6) is 0 Å². The Kier molecular flexibility index (Phi) is 2.18. The summed E-state index contributed by atoms with van der Waals surface area (Å²) in [5.74, 6) is 1.55. The van der Waals surface area contributed by atoms with Crippen molar-refractivity contribution < 1.29 is 0 Å². The zero-order valence-corrected chi connectivity index (χ0v) is 11.2. The Bertz CT molecular complexity index is 706. The molecule has 92 valence electrons. The molecule has 3 aromatic heterocycles. The van der Waals surface area contributed by atoms with Gasteiger partial charge in [-0.25, -0.2) is 0 Å². The lowest BCUT2D eigenvalue weighted by Crippen LogP contribution is -2.12. The maximum absolute atomic E-state index is 5.93. The number of fused-ring (bicyclic) bond motifs is 1. The molecule has 1 saturated carbocycles. The van der Waals surface area contributed by atoms with Gasteiger partial charge in [0.25, 0.3) is 0 Å². The molecule has 7 heteroatoms. The van der Waals surface area contributed by atoms with Crippen molar-refractivity contribution in [3.05, 3.63) is 17.3 Å². The van der Waals surface area contributed by atoms with Crippen molar-refractivity contribution >= 4 is 33.3 Å². The molecule has 0 radical (unpaired) electrons. The van der Waals surface area contributed by atoms with Crippen LogP contribution in [0.2, 0.25) is 0 Å². The van der Waals surface area contributed by atoms with E-state index in [1.54, 1.807) is 22.7 Å². The Morgan fingerprint density at radius 3 is 2.89 bits per heavy atom. The number of nitrogens with zero attached hydrogens (tertiary/aromatic N) is 4. The number of rotatable bonds is 2. The lowest BCUT2D eigenvalue weighted by Gasteiger charge is -2.22. The Labute approximate surface area is 111 Å². The minimum Gasteiger partial charge on any atom is -0.397 e. The number of anilines is 1. The van der Waals surface area contributed by atoms with Gasteiger partial charge in [-0.3, -0.25) is 0 Å². The van der Waals surface area contributed by atoms with Crippen LogP contribution in [-0.4, -0.2) is 19.8 Å². The molecule has 0 spiro atoms. The molecule has 1 aliphatic rings. The number of aromatic nitrogens is 4. The SMILES string of the molecule is Nc1ccsc1-c1nn2c(C3CCC3)nnc2s1. The van der Waals surface area contributed by atoms with Gasteiger partial charge in [-0.05, 0) is 24.3 Å². The molecule has 0 unspecified atom stereocenters. The van der Waals surface area contributed by atoms with Gasteiger partial charge in [-0.15, -0.1) is 21.5 Å². The van der Waals surface area contributed by atoms with Crippen LogP contribution in [0.25, 0.3) is 14.8 Å². The fourth-order valence-corrected chi connectivity index (χ4v) is 3.91. The highest BCUT2D eigenvalue weighted by Crippen LogP contribution is 2.38. The molecule has 0 aliphatic heterocycles. The molecule has 1 fully saturated rings. The van der Waals surface area contributed by atoms with Crippen molar-refractivity contribution in [1.82, 2.24) is 19.8 Å². The van der Waals surface area contributed by atoms with Crippen LogP contribution < -0.4 is 5.73 Å². The first-order valence-corrected chi connectivity index (χ1v) is 7.58. The average Bonchev–Trinajstić information content (AvgIpc) is 2.92. The van der Waals surface area contributed by atoms with Gasteiger partial charge in [0.1, 0.15) is 0 Å². The lowest BCUT2D eigenvalue weighted by molar-refractivity contribution is 0.395. The third-order valence-electron chi connectivity index (χ3n) is 3.38. The van der Waals surface area contributed by atoms with E-state index in [2.05, 4.69) is 15.3 Å². The first-order chi connectivity index (χ1) is 8.83. The van der Waals surface area contributed by atoms with E-state index >= 15 is 0 Å². The monoisotopic (exact) mass is 277 g/mol. The Morgan fingerprint density at radius 2 is 2.22 bits per heavy atom. The first kappa shape index (κ1) is 10.5. The summed E-state index contributed by atoms with van der Waals surface area (Å²) in [6.45, 7) is 0. The molecular formula is C11H11N5S2. The van der Waals surface area contributed by atoms with E-state index in [1.807, 2.05) is 16.0 Å². The molecule has 0 atom stereocenters. The van der Waals surface area contributed by atoms with Crippen LogP contribution in [0, 0.1) is 0 Å². The normalized spacial score (nSPS) is 16.2. The molecule has 0 amide bonds. The summed E-state index contributed by atoms with van der Waals surface area (Å²) in [4.78, 5) is 1.89. The smallest absolute Gasteiger partial charge is 0.235 e. The Balaban J connectivity index is 1.84. The highest BCUT2D eigenvalue weighted by Gasteiger charge is 2.26. The molecule has 3 heterocycles. The van der Waals surface area contributed by atoms with Crippen molar-refractivity contribution in [2.45, 2.75) is 25.2 Å². The third-order valence-corrected chi connectivity index (χ3v) is 5.36. The summed E-state index contributed by atoms with van der Waals surface area (Å²) in [5.41, 5.74) is 6.72. The van der Waals surface area contributed by atoms with Crippen molar-refractivity contribution in [3.8, 4) is 9.88 Å². The van der Waals surface area contributed by atoms with Crippen molar-refractivity contribution in [2.24, 2.45) is 0 Å². The topological polar surface area (TPSA) is 69.1 Å². The number of nitrogen functional groups attached to an aromatic ring is 1. The molecule has 0 saturated heterocycles. The molecule has 0 bridgehead atoms. The maximum Gasteiger partial charge on any atom is 0.235 e. The minimum absolute atomic E-state index is 0.538. The van der Waals surface area contributed by atoms with E-state index in [-0.39, 0.29) is 0 Å². The largest absolute Gasteiger partial charge is 0.397 e. The summed E-state index contributed by atoms with van der Waals surface area (Å²) >= 11 is 3.17. The standard InChI is InChI=1S/C11H11N5S2/c12-7-4-5-17-8(7)10-15-16-9(6-2-1-3-6)13-14-11(16)18-10/h4-6H,1-3,12H2. The summed E-state index contributed by atoms with van der Waals surface area (Å²) in [7, 11) is 0. The fraction of sp³-hybridized carbons (Fsp3) is 0.364. The zero-order valence-electron chi connectivity index (χ0n) is 9.54. The Hall–Kier alpha value is -1.47. The molecular weight excluding hydrogens is 266 g/mol. The van der Waals surface area contributed by atoms with Crippen LogP contribution in [0.15, 0.2) is 11.4 Å². The van der Waals surface area contributed by atoms with Crippen LogP contribution in [0.3, 0.4) is 0 Å². The number of hydrogen-bond donors (Lipinski definition) is 1. The van der Waals surface area contributed by atoms with E-state index in [4.69, 9.17) is 5.73 Å². The molecule has 18 heavy (non-hydrogen) atoms. The van der Waals surface area contributed by atoms with Gasteiger partial charge in [0.2, 0.25) is 4.96 Å². The second-order valence-electron chi connectivity index (χ2n) is 4.49. The van der Waals surface area contributed by atoms with E-state index in [9.17, 15) is 0 Å². The van der Waals surface area contributed by atoms with Gasteiger partial charge in [0, 0.05) is 5.92 Å². The van der Waals surface area contributed by atoms with Crippen LogP contribution in [0.4, 0.5) is 5.69 Å². The Morgan fingerprint density at radius 1 is 1.33 bits per heavy atom. The summed E-state index contributed by atoms with van der Waals surface area (Å²) in [6, 6.07) is 1.91. The number of hydrogen-bond acceptors (Lipinski definition) is 6. The van der Waals surface area contributed by atoms with E-state index < -0.39 is 0 Å². The predicted octanol–water partition coefficient (Wildman–Crippen LogP) is 2.76. The van der Waals surface area contributed by atoms with Gasteiger partial charge >= 0.3 is 0 Å². The summed E-state index contributed by atoms with van der Waals surface area (Å²) < 4.78 is 1.89. The number of thiophene rings is 1. The molecule has 1 aliphatic carbocycles. The predicted molar refractivity (Wildman–Crippen MR) is 73.0 cm³/mol. The second kappa shape index (κ2) is 3.76. The van der Waals surface area contributed by atoms with Crippen LogP contribution in [0.1, 0.15) is 31.0 Å². The zero-order chi connectivity index (χ0) is 12.1. The molecule has 3 aromatic rings. The minimum atomic E-state index is 0.538. The summed E-state index contributed by atoms with van der Waals surface area (Å²) in [5, 5.41) is 16.0. The second-order valence-corrected chi connectivity index (χ2v) is 6.36. The third kappa shape index (κ3) is 1.40. The van der Waals surface area contributed by atoms with Crippen molar-refractivity contribution in [2.75, 3.05) is 5.73 Å². The molecule has 0 aromatic carbocycles. The first-order valence-electron chi connectivity index (χ1n) is 5.88. The lowest BCUT2D eigenvalue weighted by atomic mass is 9.85. The van der Waals surface area contributed by atoms with Gasteiger partial charge in [0.05, 0.1) is 10.6 Å². The molecule has 2 N–H and O–H groups in total. The van der Waals surface area contributed by atoms with Crippen LogP contribution >= 0.6 is 22.7 Å². The fourth-order valence-electron chi connectivity index (χ4n) is 2.14. The number of nitrogens with two attached hydrogens (primary N) is 1. The van der Waals surface area contributed by atoms with Crippen LogP contribution in [-0.2, 0) is 0 Å². The van der Waals surface area contributed by atoms with Gasteiger partial charge < -0.3 is 5.73 Å². The maximum atomic E-state index is 5.93. The molecule has 4 rings (SSSR count).